The molecule has 56 heavy (non-hydrogen) atoms. The van der Waals surface area contributed by atoms with Crippen LogP contribution in [0, 0.1) is 0 Å². The maximum atomic E-state index is 6.18. The van der Waals surface area contributed by atoms with Gasteiger partial charge in [0.1, 0.15) is 12.0 Å². The highest BCUT2D eigenvalue weighted by molar-refractivity contribution is 5.98. The maximum absolute atomic E-state index is 6.18. The average Bonchev–Trinajstić information content (AvgIpc) is 3.11. The predicted molar refractivity (Wildman–Crippen MR) is 235 cm³/mol. The van der Waals surface area contributed by atoms with Crippen LogP contribution in [0.15, 0.2) is 33.4 Å². The van der Waals surface area contributed by atoms with E-state index in [1.807, 2.05) is 10.3 Å². The Hall–Kier alpha value is -2.62. The summed E-state index contributed by atoms with van der Waals surface area (Å²) in [4.78, 5) is 4.93. The number of likely N-dealkylation sites (N-methyl/N-ethyl adjacent to an activating group) is 1. The van der Waals surface area contributed by atoms with Gasteiger partial charge < -0.3 is 31.9 Å². The average molecular weight is 785 g/mol. The molecular weight excluding hydrogens is 701 g/mol. The molecule has 14 nitrogen and oxygen atoms in total. The lowest BCUT2D eigenvalue weighted by Gasteiger charge is -2.50. The third-order valence-corrected chi connectivity index (χ3v) is 11.7. The molecule has 0 spiro atoms. The van der Waals surface area contributed by atoms with E-state index >= 15 is 0 Å². The zero-order valence-electron chi connectivity index (χ0n) is 37.7. The molecular formula is C42H84N14. The van der Waals surface area contributed by atoms with Crippen molar-refractivity contribution in [1.29, 1.82) is 0 Å². The van der Waals surface area contributed by atoms with Crippen LogP contribution in [0.5, 0.6) is 0 Å². The van der Waals surface area contributed by atoms with Gasteiger partial charge in [0.2, 0.25) is 0 Å². The molecule has 9 N–H and O–H groups in total. The molecule has 0 amide bonds. The lowest BCUT2D eigenvalue weighted by molar-refractivity contribution is -0.0915. The summed E-state index contributed by atoms with van der Waals surface area (Å²) < 4.78 is 0. The molecule has 1 unspecified atom stereocenters. The molecule has 0 bridgehead atoms. The van der Waals surface area contributed by atoms with E-state index in [1.54, 1.807) is 0 Å². The van der Waals surface area contributed by atoms with Crippen LogP contribution in [-0.2, 0) is 0 Å². The third kappa shape index (κ3) is 12.9. The zero-order chi connectivity index (χ0) is 41.3. The number of rotatable bonds is 20. The van der Waals surface area contributed by atoms with Gasteiger partial charge in [-0.15, -0.1) is 15.4 Å². The van der Waals surface area contributed by atoms with E-state index in [2.05, 4.69) is 137 Å². The second-order valence-corrected chi connectivity index (χ2v) is 19.6. The first-order valence-electron chi connectivity index (χ1n) is 21.9. The lowest BCUT2D eigenvalue weighted by Crippen LogP contribution is -2.64. The van der Waals surface area contributed by atoms with Crippen molar-refractivity contribution in [3.63, 3.8) is 0 Å². The number of allylic oxidation sites excluding steroid dienone is 1. The molecule has 4 rings (SSSR count). The van der Waals surface area contributed by atoms with Gasteiger partial charge in [-0.2, -0.15) is 10.1 Å². The number of nitrogens with one attached hydrogen (secondary N) is 5. The molecule has 2 saturated heterocycles. The van der Waals surface area contributed by atoms with Gasteiger partial charge in [-0.1, -0.05) is 26.7 Å². The predicted octanol–water partition coefficient (Wildman–Crippen LogP) is 4.71. The SMILES string of the molecule is CCCCC1=CNN(C(CN(CCCN)N2N=CC(CCCC)=C(N(C)C3CC(C)(C)NC(C)(C)C3)N2)NCCCN)N=C1N(C)C1CC(C)(C)NC(C)(C)C1. The first-order chi connectivity index (χ1) is 26.3. The fourth-order valence-electron chi connectivity index (χ4n) is 9.57. The number of hydrogen-bond donors (Lipinski definition) is 7. The standard InChI is InChI=1S/C42H84N14/c1-13-15-19-32-29-46-55(48-37(32)52(11)34-25-39(3,4)50-40(5,6)26-34)36(45-23-17-21-43)31-54(24-18-22-44)56-47-30-33(20-16-14-2)38(49-56)53(12)35-27-41(7,8)51-42(9,10)28-35/h29-30,34-36,45-46,49-51H,13-28,31,43-44H2,1-12H3. The van der Waals surface area contributed by atoms with Crippen molar-refractivity contribution in [1.82, 2.24) is 52.0 Å². The number of hydrazone groups is 2. The normalized spacial score (nSPS) is 22.8. The quantitative estimate of drug-likeness (QED) is 0.0857. The monoisotopic (exact) mass is 785 g/mol. The molecule has 0 radical (unpaired) electrons. The van der Waals surface area contributed by atoms with Crippen molar-refractivity contribution in [2.24, 2.45) is 21.7 Å². The van der Waals surface area contributed by atoms with Gasteiger partial charge in [0.25, 0.3) is 0 Å². The minimum Gasteiger partial charge on any atom is -0.357 e. The fraction of sp³-hybridized carbons (Fsp3) is 0.857. The van der Waals surface area contributed by atoms with Crippen molar-refractivity contribution in [2.45, 2.75) is 187 Å². The summed E-state index contributed by atoms with van der Waals surface area (Å²) in [6.45, 7) is 26.4. The van der Waals surface area contributed by atoms with Crippen molar-refractivity contribution < 1.29 is 0 Å². The number of piperidine rings is 2. The highest BCUT2D eigenvalue weighted by Gasteiger charge is 2.42. The van der Waals surface area contributed by atoms with E-state index in [0.717, 1.165) is 102 Å². The zero-order valence-corrected chi connectivity index (χ0v) is 37.7. The van der Waals surface area contributed by atoms with Crippen molar-refractivity contribution in [3.05, 3.63) is 23.2 Å². The molecule has 1 atom stereocenters. The molecule has 0 saturated carbocycles. The topological polar surface area (TPSA) is 153 Å². The highest BCUT2D eigenvalue weighted by Crippen LogP contribution is 2.35. The number of nitrogens with zero attached hydrogens (tertiary/aromatic N) is 7. The molecule has 2 fully saturated rings. The molecule has 0 aromatic carbocycles. The number of nitrogens with two attached hydrogens (primary N) is 2. The lowest BCUT2D eigenvalue weighted by atomic mass is 9.79. The number of amidine groups is 1. The summed E-state index contributed by atoms with van der Waals surface area (Å²) in [6, 6.07) is 0.714. The van der Waals surface area contributed by atoms with Crippen LogP contribution in [0.4, 0.5) is 0 Å². The van der Waals surface area contributed by atoms with Gasteiger partial charge in [-0.3, -0.25) is 16.2 Å². The van der Waals surface area contributed by atoms with E-state index in [9.17, 15) is 0 Å². The molecule has 0 aromatic rings. The summed E-state index contributed by atoms with van der Waals surface area (Å²) in [5, 5.41) is 28.3. The molecule has 4 aliphatic heterocycles. The Bertz CT molecular complexity index is 1330. The van der Waals surface area contributed by atoms with Crippen molar-refractivity contribution in [3.8, 4) is 0 Å². The van der Waals surface area contributed by atoms with Crippen LogP contribution in [0.2, 0.25) is 0 Å². The fourth-order valence-corrected chi connectivity index (χ4v) is 9.57. The van der Waals surface area contributed by atoms with Crippen LogP contribution in [0.25, 0.3) is 0 Å². The Labute approximate surface area is 341 Å². The van der Waals surface area contributed by atoms with Crippen molar-refractivity contribution in [2.75, 3.05) is 46.8 Å². The van der Waals surface area contributed by atoms with Gasteiger partial charge in [0.15, 0.2) is 5.84 Å². The molecule has 0 aliphatic carbocycles. The molecule has 4 aliphatic rings. The highest BCUT2D eigenvalue weighted by atomic mass is 15.9. The third-order valence-electron chi connectivity index (χ3n) is 11.7. The van der Waals surface area contributed by atoms with E-state index < -0.39 is 0 Å². The van der Waals surface area contributed by atoms with Crippen LogP contribution >= 0.6 is 0 Å². The van der Waals surface area contributed by atoms with E-state index in [-0.39, 0.29) is 28.3 Å². The summed E-state index contributed by atoms with van der Waals surface area (Å²) in [7, 11) is 4.50. The van der Waals surface area contributed by atoms with Crippen molar-refractivity contribution >= 4 is 12.1 Å². The second kappa shape index (κ2) is 19.9. The Balaban J connectivity index is 1.65. The minimum atomic E-state index is -0.192. The van der Waals surface area contributed by atoms with Gasteiger partial charge in [0, 0.05) is 72.2 Å². The summed E-state index contributed by atoms with van der Waals surface area (Å²) in [5.41, 5.74) is 22.2. The second-order valence-electron chi connectivity index (χ2n) is 19.6. The number of hydrazine groups is 3. The number of unbranched alkanes of at least 4 members (excludes halogenated alkanes) is 2. The maximum Gasteiger partial charge on any atom is 0.155 e. The first kappa shape index (κ1) is 46.1. The minimum absolute atomic E-state index is 0.0248. The molecule has 14 heteroatoms. The number of hydrogen-bond acceptors (Lipinski definition) is 14. The Kier molecular flexibility index (Phi) is 16.4. The van der Waals surface area contributed by atoms with E-state index in [1.165, 1.54) is 11.1 Å². The summed E-state index contributed by atoms with van der Waals surface area (Å²) >= 11 is 0. The van der Waals surface area contributed by atoms with Crippen LogP contribution in [0.3, 0.4) is 0 Å². The van der Waals surface area contributed by atoms with Crippen LogP contribution in [0.1, 0.15) is 146 Å². The molecule has 322 valence electrons. The van der Waals surface area contributed by atoms with Gasteiger partial charge in [-0.25, -0.2) is 0 Å². The van der Waals surface area contributed by atoms with Gasteiger partial charge in [-0.05, 0) is 139 Å². The van der Waals surface area contributed by atoms with E-state index in [4.69, 9.17) is 21.7 Å². The van der Waals surface area contributed by atoms with Gasteiger partial charge in [0.05, 0.1) is 12.8 Å². The Morgan fingerprint density at radius 1 is 0.804 bits per heavy atom. The molecule has 4 heterocycles. The molecule has 0 aromatic heterocycles. The summed E-state index contributed by atoms with van der Waals surface area (Å²) in [5.74, 6) is 2.18. The van der Waals surface area contributed by atoms with Gasteiger partial charge >= 0.3 is 0 Å². The van der Waals surface area contributed by atoms with Crippen LogP contribution in [-0.4, -0.2) is 124 Å². The smallest absolute Gasteiger partial charge is 0.155 e. The Morgan fingerprint density at radius 2 is 1.36 bits per heavy atom. The summed E-state index contributed by atoms with van der Waals surface area (Å²) in [6.07, 6.45) is 16.4. The largest absolute Gasteiger partial charge is 0.357 e. The van der Waals surface area contributed by atoms with Crippen LogP contribution < -0.4 is 38.3 Å². The first-order valence-corrected chi connectivity index (χ1v) is 21.9. The van der Waals surface area contributed by atoms with E-state index in [0.29, 0.717) is 31.7 Å². The Morgan fingerprint density at radius 3 is 1.91 bits per heavy atom.